The zero-order valence-corrected chi connectivity index (χ0v) is 12.8. The maximum atomic E-state index is 12.7. The fraction of sp³-hybridized carbons (Fsp3) is 0.0588. The first-order valence-electron chi connectivity index (χ1n) is 7.12. The molecule has 0 saturated heterocycles. The van der Waals surface area contributed by atoms with Crippen molar-refractivity contribution in [3.63, 3.8) is 0 Å². The molecule has 2 aromatic carbocycles. The van der Waals surface area contributed by atoms with E-state index in [9.17, 15) is 27.9 Å². The zero-order valence-electron chi connectivity index (χ0n) is 12.8. The van der Waals surface area contributed by atoms with E-state index in [0.717, 1.165) is 30.5 Å². The lowest BCUT2D eigenvalue weighted by atomic mass is 9.97. The maximum absolute atomic E-state index is 12.7. The van der Waals surface area contributed by atoms with E-state index in [2.05, 4.69) is 9.97 Å². The second kappa shape index (κ2) is 6.10. The number of benzene rings is 2. The minimum absolute atomic E-state index is 0.107. The van der Waals surface area contributed by atoms with Crippen LogP contribution in [0.4, 0.5) is 13.2 Å². The van der Waals surface area contributed by atoms with Crippen molar-refractivity contribution in [1.29, 1.82) is 0 Å². The zero-order chi connectivity index (χ0) is 19.1. The van der Waals surface area contributed by atoms with Gasteiger partial charge in [-0.2, -0.15) is 13.2 Å². The summed E-state index contributed by atoms with van der Waals surface area (Å²) in [6, 6.07) is 6.45. The normalized spacial score (nSPS) is 11.5. The maximum Gasteiger partial charge on any atom is 0.416 e. The second-order valence-corrected chi connectivity index (χ2v) is 5.33. The van der Waals surface area contributed by atoms with Crippen LogP contribution in [0.3, 0.4) is 0 Å². The summed E-state index contributed by atoms with van der Waals surface area (Å²) >= 11 is 0. The van der Waals surface area contributed by atoms with Crippen LogP contribution >= 0.6 is 0 Å². The number of nitrogens with zero attached hydrogens (tertiary/aromatic N) is 2. The molecule has 0 aliphatic heterocycles. The summed E-state index contributed by atoms with van der Waals surface area (Å²) in [5.74, 6) is -2.61. The standard InChI is InChI=1S/C17H9F3N2O4/c18-17(19,20)9-3-1-8(2-4-9)10-5-13-12(6-11(10)15(23)24)21-7-14(22-13)16(25)26/h1-7H,(H,23,24)(H,25,26). The summed E-state index contributed by atoms with van der Waals surface area (Å²) in [5.41, 5.74) is -0.788. The van der Waals surface area contributed by atoms with Gasteiger partial charge in [-0.15, -0.1) is 0 Å². The molecule has 2 N–H and O–H groups in total. The van der Waals surface area contributed by atoms with Gasteiger partial charge in [0.25, 0.3) is 0 Å². The third kappa shape index (κ3) is 3.18. The molecule has 3 aromatic rings. The average molecular weight is 362 g/mol. The lowest BCUT2D eigenvalue weighted by Crippen LogP contribution is -2.05. The third-order valence-electron chi connectivity index (χ3n) is 3.65. The first-order valence-corrected chi connectivity index (χ1v) is 7.12. The van der Waals surface area contributed by atoms with Gasteiger partial charge in [0.05, 0.1) is 28.4 Å². The van der Waals surface area contributed by atoms with Gasteiger partial charge in [0.15, 0.2) is 5.69 Å². The number of carboxylic acid groups (broad SMARTS) is 2. The number of hydrogen-bond acceptors (Lipinski definition) is 4. The summed E-state index contributed by atoms with van der Waals surface area (Å²) in [5, 5.41) is 18.4. The van der Waals surface area contributed by atoms with Crippen LogP contribution in [0.2, 0.25) is 0 Å². The van der Waals surface area contributed by atoms with Gasteiger partial charge in [-0.3, -0.25) is 4.98 Å². The molecule has 0 unspecified atom stereocenters. The number of halogens is 3. The predicted molar refractivity (Wildman–Crippen MR) is 83.9 cm³/mol. The number of fused-ring (bicyclic) bond motifs is 1. The van der Waals surface area contributed by atoms with E-state index in [-0.39, 0.29) is 33.4 Å². The van der Waals surface area contributed by atoms with Crippen molar-refractivity contribution in [2.24, 2.45) is 0 Å². The molecular weight excluding hydrogens is 353 g/mol. The molecule has 3 rings (SSSR count). The molecule has 6 nitrogen and oxygen atoms in total. The number of rotatable bonds is 3. The Bertz CT molecular complexity index is 1030. The fourth-order valence-electron chi connectivity index (χ4n) is 2.42. The van der Waals surface area contributed by atoms with Gasteiger partial charge in [0.2, 0.25) is 0 Å². The minimum Gasteiger partial charge on any atom is -0.478 e. The van der Waals surface area contributed by atoms with E-state index in [1.807, 2.05) is 0 Å². The molecule has 0 aliphatic carbocycles. The molecule has 132 valence electrons. The third-order valence-corrected chi connectivity index (χ3v) is 3.65. The lowest BCUT2D eigenvalue weighted by Gasteiger charge is -2.11. The first-order chi connectivity index (χ1) is 12.2. The van der Waals surface area contributed by atoms with Crippen LogP contribution in [0.1, 0.15) is 26.4 Å². The first kappa shape index (κ1) is 17.3. The highest BCUT2D eigenvalue weighted by Gasteiger charge is 2.30. The Hall–Kier alpha value is -3.49. The van der Waals surface area contributed by atoms with Crippen LogP contribution in [-0.4, -0.2) is 32.1 Å². The SMILES string of the molecule is O=C(O)c1cnc2cc(C(=O)O)c(-c3ccc(C(F)(F)F)cc3)cc2n1. The predicted octanol–water partition coefficient (Wildman–Crippen LogP) is 3.71. The number of carboxylic acids is 2. The largest absolute Gasteiger partial charge is 0.478 e. The molecule has 0 aliphatic rings. The highest BCUT2D eigenvalue weighted by Crippen LogP contribution is 2.33. The van der Waals surface area contributed by atoms with Crippen LogP contribution in [0.25, 0.3) is 22.2 Å². The quantitative estimate of drug-likeness (QED) is 0.737. The Morgan fingerprint density at radius 1 is 0.923 bits per heavy atom. The van der Waals surface area contributed by atoms with E-state index in [4.69, 9.17) is 5.11 Å². The second-order valence-electron chi connectivity index (χ2n) is 5.33. The molecule has 26 heavy (non-hydrogen) atoms. The van der Waals surface area contributed by atoms with E-state index in [1.54, 1.807) is 0 Å². The Labute approximate surface area is 143 Å². The molecule has 0 radical (unpaired) electrons. The van der Waals surface area contributed by atoms with Crippen LogP contribution < -0.4 is 0 Å². The monoisotopic (exact) mass is 362 g/mol. The van der Waals surface area contributed by atoms with E-state index >= 15 is 0 Å². The van der Waals surface area contributed by atoms with Crippen molar-refractivity contribution in [2.75, 3.05) is 0 Å². The summed E-state index contributed by atoms with van der Waals surface area (Å²) in [7, 11) is 0. The molecule has 0 amide bonds. The smallest absolute Gasteiger partial charge is 0.416 e. The molecular formula is C17H9F3N2O4. The van der Waals surface area contributed by atoms with Gasteiger partial charge in [-0.25, -0.2) is 14.6 Å². The minimum atomic E-state index is -4.51. The Kier molecular flexibility index (Phi) is 4.07. The number of alkyl halides is 3. The van der Waals surface area contributed by atoms with Gasteiger partial charge in [0, 0.05) is 0 Å². The number of hydrogen-bond donors (Lipinski definition) is 2. The van der Waals surface area contributed by atoms with Gasteiger partial charge in [-0.05, 0) is 35.4 Å². The fourth-order valence-corrected chi connectivity index (χ4v) is 2.42. The van der Waals surface area contributed by atoms with Crippen molar-refractivity contribution in [3.8, 4) is 11.1 Å². The molecule has 9 heteroatoms. The highest BCUT2D eigenvalue weighted by atomic mass is 19.4. The molecule has 0 spiro atoms. The van der Waals surface area contributed by atoms with Crippen molar-refractivity contribution >= 4 is 23.0 Å². The number of carbonyl (C=O) groups is 2. The molecule has 0 bridgehead atoms. The average Bonchev–Trinajstić information content (AvgIpc) is 2.59. The van der Waals surface area contributed by atoms with E-state index in [0.29, 0.717) is 0 Å². The van der Waals surface area contributed by atoms with Crippen molar-refractivity contribution in [1.82, 2.24) is 9.97 Å². The lowest BCUT2D eigenvalue weighted by molar-refractivity contribution is -0.137. The topological polar surface area (TPSA) is 100 Å². The molecule has 1 aromatic heterocycles. The number of aromatic nitrogens is 2. The summed E-state index contributed by atoms with van der Waals surface area (Å²) in [4.78, 5) is 30.3. The van der Waals surface area contributed by atoms with E-state index in [1.165, 1.54) is 12.1 Å². The summed E-state index contributed by atoms with van der Waals surface area (Å²) in [6.45, 7) is 0. The van der Waals surface area contributed by atoms with Crippen LogP contribution in [0.5, 0.6) is 0 Å². The Balaban J connectivity index is 2.20. The summed E-state index contributed by atoms with van der Waals surface area (Å²) < 4.78 is 38.1. The van der Waals surface area contributed by atoms with Crippen LogP contribution in [0, 0.1) is 0 Å². The molecule has 0 fully saturated rings. The van der Waals surface area contributed by atoms with Crippen molar-refractivity contribution in [2.45, 2.75) is 6.18 Å². The van der Waals surface area contributed by atoms with Crippen LogP contribution in [-0.2, 0) is 6.18 Å². The Morgan fingerprint density at radius 2 is 1.58 bits per heavy atom. The summed E-state index contributed by atoms with van der Waals surface area (Å²) in [6.07, 6.45) is -3.52. The van der Waals surface area contributed by atoms with Crippen molar-refractivity contribution < 1.29 is 33.0 Å². The van der Waals surface area contributed by atoms with Crippen LogP contribution in [0.15, 0.2) is 42.6 Å². The van der Waals surface area contributed by atoms with Gasteiger partial charge in [0.1, 0.15) is 0 Å². The van der Waals surface area contributed by atoms with Gasteiger partial charge in [-0.1, -0.05) is 12.1 Å². The van der Waals surface area contributed by atoms with E-state index < -0.39 is 23.7 Å². The molecule has 0 atom stereocenters. The Morgan fingerprint density at radius 3 is 2.12 bits per heavy atom. The highest BCUT2D eigenvalue weighted by molar-refractivity contribution is 6.01. The molecule has 1 heterocycles. The van der Waals surface area contributed by atoms with Gasteiger partial charge < -0.3 is 10.2 Å². The van der Waals surface area contributed by atoms with Crippen molar-refractivity contribution in [3.05, 3.63) is 59.4 Å². The van der Waals surface area contributed by atoms with Gasteiger partial charge >= 0.3 is 18.1 Å². The number of aromatic carboxylic acids is 2. The molecule has 0 saturated carbocycles.